The molecule has 1 N–H and O–H groups in total. The van der Waals surface area contributed by atoms with Gasteiger partial charge in [-0.25, -0.2) is 33.4 Å². The lowest BCUT2D eigenvalue weighted by Gasteiger charge is -2.21. The Hall–Kier alpha value is -3.12. The number of nitrogens with zero attached hydrogens (tertiary/aromatic N) is 7. The molecule has 1 saturated heterocycles. The van der Waals surface area contributed by atoms with Crippen molar-refractivity contribution in [1.82, 2.24) is 29.7 Å². The van der Waals surface area contributed by atoms with Gasteiger partial charge in [-0.15, -0.1) is 0 Å². The summed E-state index contributed by atoms with van der Waals surface area (Å²) in [6, 6.07) is 1.10. The van der Waals surface area contributed by atoms with E-state index >= 15 is 0 Å². The van der Waals surface area contributed by atoms with Crippen LogP contribution in [-0.4, -0.2) is 55.3 Å². The quantitative estimate of drug-likeness (QED) is 0.593. The highest BCUT2D eigenvalue weighted by Gasteiger charge is 2.42. The number of halogens is 5. The molecule has 0 unspecified atom stereocenters. The summed E-state index contributed by atoms with van der Waals surface area (Å²) in [5.41, 5.74) is -0.207. The largest absolute Gasteiger partial charge is 0.433 e. The summed E-state index contributed by atoms with van der Waals surface area (Å²) in [7, 11) is 0. The summed E-state index contributed by atoms with van der Waals surface area (Å²) in [4.78, 5) is 17.8. The molecule has 0 bridgehead atoms. The number of rotatable bonds is 5. The highest BCUT2D eigenvalue weighted by molar-refractivity contribution is 5.71. The first kappa shape index (κ1) is 20.8. The fourth-order valence-corrected chi connectivity index (χ4v) is 4.67. The number of hydrogen-bond donors (Lipinski definition) is 1. The number of alkyl halides is 5. The van der Waals surface area contributed by atoms with Crippen LogP contribution in [0.25, 0.3) is 11.2 Å². The second-order valence-corrected chi connectivity index (χ2v) is 8.18. The second-order valence-electron chi connectivity index (χ2n) is 8.18. The summed E-state index contributed by atoms with van der Waals surface area (Å²) >= 11 is 0. The fourth-order valence-electron chi connectivity index (χ4n) is 4.67. The van der Waals surface area contributed by atoms with Gasteiger partial charge in [-0.2, -0.15) is 18.3 Å². The number of fused-ring (bicyclic) bond motifs is 2. The summed E-state index contributed by atoms with van der Waals surface area (Å²) in [5, 5.41) is 7.23. The minimum Gasteiger partial charge on any atom is -0.366 e. The Bertz CT molecular complexity index is 1100. The van der Waals surface area contributed by atoms with Gasteiger partial charge < -0.3 is 10.2 Å². The minimum atomic E-state index is -4.50. The molecule has 1 aliphatic heterocycles. The summed E-state index contributed by atoms with van der Waals surface area (Å²) in [6.07, 6.45) is -1.52. The van der Waals surface area contributed by atoms with Crippen LogP contribution >= 0.6 is 0 Å². The Labute approximate surface area is 178 Å². The molecule has 0 amide bonds. The smallest absolute Gasteiger partial charge is 0.366 e. The van der Waals surface area contributed by atoms with Crippen molar-refractivity contribution < 1.29 is 22.0 Å². The van der Waals surface area contributed by atoms with E-state index in [1.54, 1.807) is 6.20 Å². The molecule has 1 aliphatic carbocycles. The summed E-state index contributed by atoms with van der Waals surface area (Å²) in [6.45, 7) is 0.677. The van der Waals surface area contributed by atoms with Crippen molar-refractivity contribution in [2.75, 3.05) is 23.3 Å². The maximum Gasteiger partial charge on any atom is 0.433 e. The molecular weight excluding hydrogens is 435 g/mol. The van der Waals surface area contributed by atoms with Gasteiger partial charge in [0.15, 0.2) is 5.65 Å². The van der Waals surface area contributed by atoms with Crippen LogP contribution in [0.2, 0.25) is 0 Å². The van der Waals surface area contributed by atoms with Gasteiger partial charge in [-0.3, -0.25) is 0 Å². The van der Waals surface area contributed by atoms with Crippen LogP contribution in [0.15, 0.2) is 24.8 Å². The van der Waals surface area contributed by atoms with Gasteiger partial charge in [0.25, 0.3) is 6.43 Å². The Kier molecular flexibility index (Phi) is 5.05. The SMILES string of the molecule is FC(F)Cn1ncc2ncc(N[C@H]3C[C@@H]4CN(c5cc(C(F)(F)F)ncn5)C[C@@H]4C3)nc21. The third kappa shape index (κ3) is 4.02. The van der Waals surface area contributed by atoms with Crippen LogP contribution in [-0.2, 0) is 12.7 Å². The first-order chi connectivity index (χ1) is 15.3. The van der Waals surface area contributed by atoms with E-state index in [1.165, 1.54) is 6.20 Å². The molecule has 1 saturated carbocycles. The summed E-state index contributed by atoms with van der Waals surface area (Å²) < 4.78 is 65.4. The molecule has 32 heavy (non-hydrogen) atoms. The fraction of sp³-hybridized carbons (Fsp3) is 0.526. The summed E-state index contributed by atoms with van der Waals surface area (Å²) in [5.74, 6) is 1.38. The zero-order valence-corrected chi connectivity index (χ0v) is 16.7. The molecule has 2 fully saturated rings. The maximum absolute atomic E-state index is 12.9. The lowest BCUT2D eigenvalue weighted by Crippen LogP contribution is -2.26. The number of aromatic nitrogens is 6. The zero-order chi connectivity index (χ0) is 22.5. The molecule has 0 aromatic carbocycles. The molecule has 8 nitrogen and oxygen atoms in total. The van der Waals surface area contributed by atoms with Crippen molar-refractivity contribution in [1.29, 1.82) is 0 Å². The van der Waals surface area contributed by atoms with E-state index in [1.807, 2.05) is 4.90 Å². The van der Waals surface area contributed by atoms with Crippen molar-refractivity contribution in [2.24, 2.45) is 11.8 Å². The highest BCUT2D eigenvalue weighted by atomic mass is 19.4. The maximum atomic E-state index is 12.9. The normalized spacial score (nSPS) is 23.3. The van der Waals surface area contributed by atoms with Gasteiger partial charge >= 0.3 is 6.18 Å². The molecule has 5 rings (SSSR count). The van der Waals surface area contributed by atoms with E-state index in [-0.39, 0.29) is 11.9 Å². The number of nitrogens with one attached hydrogen (secondary N) is 1. The third-order valence-corrected chi connectivity index (χ3v) is 6.03. The van der Waals surface area contributed by atoms with Crippen LogP contribution in [0.1, 0.15) is 18.5 Å². The molecular formula is C19H19F5N8. The predicted molar refractivity (Wildman–Crippen MR) is 104 cm³/mol. The average Bonchev–Trinajstić information content (AvgIpc) is 3.41. The van der Waals surface area contributed by atoms with Gasteiger partial charge in [0.05, 0.1) is 12.4 Å². The van der Waals surface area contributed by atoms with E-state index in [2.05, 4.69) is 30.4 Å². The molecule has 0 radical (unpaired) electrons. The molecule has 3 aromatic heterocycles. The van der Waals surface area contributed by atoms with Gasteiger partial charge in [0, 0.05) is 25.2 Å². The van der Waals surface area contributed by atoms with Crippen LogP contribution < -0.4 is 10.2 Å². The monoisotopic (exact) mass is 454 g/mol. The number of anilines is 2. The van der Waals surface area contributed by atoms with E-state index in [4.69, 9.17) is 0 Å². The highest BCUT2D eigenvalue weighted by Crippen LogP contribution is 2.41. The topological polar surface area (TPSA) is 84.7 Å². The van der Waals surface area contributed by atoms with Crippen molar-refractivity contribution in [3.8, 4) is 0 Å². The van der Waals surface area contributed by atoms with Crippen LogP contribution in [0.5, 0.6) is 0 Å². The first-order valence-corrected chi connectivity index (χ1v) is 10.1. The molecule has 170 valence electrons. The minimum absolute atomic E-state index is 0.113. The van der Waals surface area contributed by atoms with Gasteiger partial charge in [0.1, 0.15) is 35.7 Å². The molecule has 3 atom stereocenters. The van der Waals surface area contributed by atoms with Crippen molar-refractivity contribution >= 4 is 22.8 Å². The average molecular weight is 454 g/mol. The molecule has 13 heteroatoms. The van der Waals surface area contributed by atoms with Crippen LogP contribution in [0, 0.1) is 11.8 Å². The van der Waals surface area contributed by atoms with Gasteiger partial charge in [-0.1, -0.05) is 0 Å². The Morgan fingerprint density at radius 2 is 1.81 bits per heavy atom. The van der Waals surface area contributed by atoms with Crippen molar-refractivity contribution in [3.63, 3.8) is 0 Å². The van der Waals surface area contributed by atoms with E-state index in [0.29, 0.717) is 41.9 Å². The van der Waals surface area contributed by atoms with Gasteiger partial charge in [-0.05, 0) is 24.7 Å². The van der Waals surface area contributed by atoms with E-state index < -0.39 is 24.8 Å². The van der Waals surface area contributed by atoms with Crippen LogP contribution in [0.4, 0.5) is 33.6 Å². The molecule has 2 aliphatic rings. The third-order valence-electron chi connectivity index (χ3n) is 6.03. The Morgan fingerprint density at radius 3 is 2.50 bits per heavy atom. The van der Waals surface area contributed by atoms with Crippen molar-refractivity contribution in [2.45, 2.75) is 38.0 Å². The Balaban J connectivity index is 1.23. The molecule has 4 heterocycles. The zero-order valence-electron chi connectivity index (χ0n) is 16.7. The predicted octanol–water partition coefficient (Wildman–Crippen LogP) is 3.23. The van der Waals surface area contributed by atoms with Crippen LogP contribution in [0.3, 0.4) is 0 Å². The Morgan fingerprint density at radius 1 is 1.06 bits per heavy atom. The van der Waals surface area contributed by atoms with E-state index in [9.17, 15) is 22.0 Å². The standard InChI is InChI=1S/C19H19F5N8/c20-15(21)8-32-18-13(4-28-32)25-5-16(30-18)29-12-1-10-6-31(7-11(10)2-12)17-3-14(19(22,23)24)26-9-27-17/h3-5,9-12,15H,1-2,6-8H2,(H,29,30)/t10-,11+,12+. The lowest BCUT2D eigenvalue weighted by molar-refractivity contribution is -0.141. The number of hydrogen-bond acceptors (Lipinski definition) is 7. The molecule has 0 spiro atoms. The lowest BCUT2D eigenvalue weighted by atomic mass is 10.0. The van der Waals surface area contributed by atoms with E-state index in [0.717, 1.165) is 29.9 Å². The van der Waals surface area contributed by atoms with Gasteiger partial charge in [0.2, 0.25) is 0 Å². The second kappa shape index (κ2) is 7.78. The first-order valence-electron chi connectivity index (χ1n) is 10.1. The van der Waals surface area contributed by atoms with Crippen molar-refractivity contribution in [3.05, 3.63) is 30.5 Å². The molecule has 3 aromatic rings.